The summed E-state index contributed by atoms with van der Waals surface area (Å²) < 4.78 is 12.8. The van der Waals surface area contributed by atoms with Crippen molar-refractivity contribution in [2.45, 2.75) is 31.3 Å². The molecule has 1 aromatic rings. The first-order chi connectivity index (χ1) is 9.50. The summed E-state index contributed by atoms with van der Waals surface area (Å²) in [5.41, 5.74) is -2.02. The SMILES string of the molecule is [B]C([B])C([B])([B])C(C)(C)C(=O)N(O)Cc1ccc(F)cc1. The molecule has 0 aliphatic carbocycles. The van der Waals surface area contributed by atoms with Crippen molar-refractivity contribution in [1.82, 2.24) is 5.06 Å². The summed E-state index contributed by atoms with van der Waals surface area (Å²) in [6, 6.07) is 5.35. The zero-order chi connectivity index (χ0) is 16.4. The number of hydrogen-bond donors (Lipinski definition) is 1. The molecule has 1 rings (SSSR count). The molecule has 0 aliphatic heterocycles. The van der Waals surface area contributed by atoms with Crippen molar-refractivity contribution in [3.8, 4) is 0 Å². The van der Waals surface area contributed by atoms with Gasteiger partial charge in [0, 0.05) is 5.41 Å². The fourth-order valence-electron chi connectivity index (χ4n) is 1.76. The van der Waals surface area contributed by atoms with Crippen LogP contribution in [0, 0.1) is 11.2 Å². The van der Waals surface area contributed by atoms with Gasteiger partial charge in [0.25, 0.3) is 5.91 Å². The van der Waals surface area contributed by atoms with Crippen LogP contribution in [-0.4, -0.2) is 47.6 Å². The Kier molecular flexibility index (Phi) is 5.37. The van der Waals surface area contributed by atoms with Crippen LogP contribution in [-0.2, 0) is 11.3 Å². The first-order valence-electron chi connectivity index (χ1n) is 6.34. The highest BCUT2D eigenvalue weighted by Gasteiger charge is 2.45. The van der Waals surface area contributed by atoms with E-state index in [-0.39, 0.29) is 6.54 Å². The smallest absolute Gasteiger partial charge is 0.250 e. The first-order valence-corrected chi connectivity index (χ1v) is 6.34. The van der Waals surface area contributed by atoms with Gasteiger partial charge in [-0.1, -0.05) is 31.2 Å². The molecule has 0 spiro atoms. The zero-order valence-corrected chi connectivity index (χ0v) is 12.1. The van der Waals surface area contributed by atoms with E-state index in [9.17, 15) is 14.4 Å². The van der Waals surface area contributed by atoms with Gasteiger partial charge >= 0.3 is 0 Å². The molecule has 1 aromatic carbocycles. The number of hydroxylamine groups is 2. The molecule has 8 heteroatoms. The largest absolute Gasteiger partial charge is 0.286 e. The van der Waals surface area contributed by atoms with Crippen LogP contribution in [0.15, 0.2) is 24.3 Å². The summed E-state index contributed by atoms with van der Waals surface area (Å²) in [5.74, 6) is -1.15. The zero-order valence-electron chi connectivity index (χ0n) is 12.1. The van der Waals surface area contributed by atoms with Crippen molar-refractivity contribution in [2.75, 3.05) is 0 Å². The lowest BCUT2D eigenvalue weighted by Crippen LogP contribution is -2.48. The van der Waals surface area contributed by atoms with Gasteiger partial charge in [0.2, 0.25) is 0 Å². The molecular formula is C13H14B4FNO2. The van der Waals surface area contributed by atoms with Crippen LogP contribution in [0.4, 0.5) is 4.39 Å². The molecule has 0 atom stereocenters. The molecule has 3 nitrogen and oxygen atoms in total. The molecule has 0 fully saturated rings. The lowest BCUT2D eigenvalue weighted by Gasteiger charge is -2.46. The van der Waals surface area contributed by atoms with Gasteiger partial charge < -0.3 is 0 Å². The van der Waals surface area contributed by atoms with E-state index in [0.717, 1.165) is 0 Å². The second-order valence-electron chi connectivity index (χ2n) is 5.57. The predicted octanol–water partition coefficient (Wildman–Crippen LogP) is 1.11. The number of hydrogen-bond acceptors (Lipinski definition) is 2. The van der Waals surface area contributed by atoms with E-state index in [1.165, 1.54) is 38.1 Å². The second kappa shape index (κ2) is 6.30. The van der Waals surface area contributed by atoms with E-state index >= 15 is 0 Å². The van der Waals surface area contributed by atoms with Crippen LogP contribution in [0.1, 0.15) is 19.4 Å². The molecule has 0 saturated heterocycles. The maximum atomic E-state index is 12.8. The lowest BCUT2D eigenvalue weighted by atomic mass is 9.31. The van der Waals surface area contributed by atoms with Gasteiger partial charge in [0.05, 0.1) is 37.9 Å². The van der Waals surface area contributed by atoms with Gasteiger partial charge in [-0.15, -0.1) is 5.72 Å². The number of rotatable bonds is 5. The Hall–Kier alpha value is -1.16. The molecule has 21 heavy (non-hydrogen) atoms. The molecule has 0 aliphatic rings. The molecule has 1 amide bonds. The van der Waals surface area contributed by atoms with Crippen molar-refractivity contribution >= 4 is 37.3 Å². The van der Waals surface area contributed by atoms with E-state index in [2.05, 4.69) is 0 Å². The minimum atomic E-state index is -1.71. The van der Waals surface area contributed by atoms with Crippen LogP contribution in [0.5, 0.6) is 0 Å². The van der Waals surface area contributed by atoms with E-state index in [4.69, 9.17) is 31.4 Å². The third-order valence-corrected chi connectivity index (χ3v) is 3.65. The Morgan fingerprint density at radius 2 is 1.76 bits per heavy atom. The van der Waals surface area contributed by atoms with Crippen molar-refractivity contribution in [2.24, 2.45) is 5.41 Å². The highest BCUT2D eigenvalue weighted by Crippen LogP contribution is 2.47. The predicted molar refractivity (Wildman–Crippen MR) is 82.0 cm³/mol. The monoisotopic (exact) mass is 279 g/mol. The topological polar surface area (TPSA) is 40.5 Å². The molecule has 0 aromatic heterocycles. The Bertz CT molecular complexity index is 505. The minimum Gasteiger partial charge on any atom is -0.286 e. The maximum absolute atomic E-state index is 12.8. The van der Waals surface area contributed by atoms with Crippen LogP contribution < -0.4 is 0 Å². The van der Waals surface area contributed by atoms with Gasteiger partial charge in [0.1, 0.15) is 5.82 Å². The van der Waals surface area contributed by atoms with Gasteiger partial charge in [-0.3, -0.25) is 10.0 Å². The molecular weight excluding hydrogens is 264 g/mol. The number of amides is 1. The Labute approximate surface area is 129 Å². The molecule has 0 saturated carbocycles. The van der Waals surface area contributed by atoms with Gasteiger partial charge in [-0.05, 0) is 17.7 Å². The fourth-order valence-corrected chi connectivity index (χ4v) is 1.76. The van der Waals surface area contributed by atoms with E-state index in [1.54, 1.807) is 0 Å². The number of benzene rings is 1. The number of carbonyl (C=O) groups is 1. The highest BCUT2D eigenvalue weighted by molar-refractivity contribution is 6.52. The minimum absolute atomic E-state index is 0.140. The Morgan fingerprint density at radius 3 is 2.19 bits per heavy atom. The summed E-state index contributed by atoms with van der Waals surface area (Å²) in [4.78, 5) is 12.3. The van der Waals surface area contributed by atoms with Crippen molar-refractivity contribution < 1.29 is 14.4 Å². The van der Waals surface area contributed by atoms with Crippen molar-refractivity contribution in [3.05, 3.63) is 35.6 Å². The summed E-state index contributed by atoms with van der Waals surface area (Å²) in [7, 11) is 22.6. The summed E-state index contributed by atoms with van der Waals surface area (Å²) >= 11 is 0. The van der Waals surface area contributed by atoms with E-state index in [0.29, 0.717) is 10.6 Å². The fraction of sp³-hybridized carbons (Fsp3) is 0.462. The van der Waals surface area contributed by atoms with Crippen LogP contribution in [0.2, 0.25) is 10.9 Å². The second-order valence-corrected chi connectivity index (χ2v) is 5.57. The average molecular weight is 279 g/mol. The summed E-state index contributed by atoms with van der Waals surface area (Å²) in [6.07, 6.45) is 0. The van der Waals surface area contributed by atoms with Gasteiger partial charge in [-0.25, -0.2) is 9.45 Å². The molecule has 8 radical (unpaired) electrons. The summed E-state index contributed by atoms with van der Waals surface area (Å²) in [5, 5.41) is 8.67. The van der Waals surface area contributed by atoms with Gasteiger partial charge in [0.15, 0.2) is 0 Å². The average Bonchev–Trinajstić information content (AvgIpc) is 2.39. The van der Waals surface area contributed by atoms with Crippen molar-refractivity contribution in [1.29, 1.82) is 0 Å². The van der Waals surface area contributed by atoms with Gasteiger partial charge in [-0.2, -0.15) is 0 Å². The first kappa shape index (κ1) is 17.9. The quantitative estimate of drug-likeness (QED) is 0.498. The number of carbonyl (C=O) groups excluding carboxylic acids is 1. The maximum Gasteiger partial charge on any atom is 0.250 e. The third kappa shape index (κ3) is 3.73. The normalized spacial score (nSPS) is 12.4. The third-order valence-electron chi connectivity index (χ3n) is 3.65. The summed E-state index contributed by atoms with van der Waals surface area (Å²) in [6.45, 7) is 2.74. The molecule has 0 heterocycles. The standard InChI is InChI=1S/C13H14B4FNO2/c1-12(2,13(16,17)10(14)15)11(20)19(21)7-8-3-5-9(18)6-4-8/h3-6,10,21H,7H2,1-2H3. The van der Waals surface area contributed by atoms with Crippen molar-refractivity contribution in [3.63, 3.8) is 0 Å². The Morgan fingerprint density at radius 1 is 1.29 bits per heavy atom. The van der Waals surface area contributed by atoms with E-state index in [1.807, 2.05) is 0 Å². The molecule has 0 unspecified atom stereocenters. The molecule has 0 bridgehead atoms. The molecule has 1 N–H and O–H groups in total. The Balaban J connectivity index is 2.89. The van der Waals surface area contributed by atoms with Crippen LogP contribution in [0.25, 0.3) is 0 Å². The number of nitrogens with zero attached hydrogens (tertiary/aromatic N) is 1. The highest BCUT2D eigenvalue weighted by atomic mass is 19.1. The van der Waals surface area contributed by atoms with Crippen LogP contribution >= 0.6 is 0 Å². The van der Waals surface area contributed by atoms with Crippen LogP contribution in [0.3, 0.4) is 0 Å². The van der Waals surface area contributed by atoms with E-state index < -0.39 is 28.1 Å². The lowest BCUT2D eigenvalue weighted by molar-refractivity contribution is -0.179. The molecule has 102 valence electrons. The number of halogens is 1.